The summed E-state index contributed by atoms with van der Waals surface area (Å²) in [6.45, 7) is 0. The molecule has 0 unspecified atom stereocenters. The summed E-state index contributed by atoms with van der Waals surface area (Å²) in [4.78, 5) is 1.37. The molecule has 52 heavy (non-hydrogen) atoms. The van der Waals surface area contributed by atoms with Crippen molar-refractivity contribution in [2.45, 2.75) is 0 Å². The van der Waals surface area contributed by atoms with Crippen molar-refractivity contribution in [2.24, 2.45) is 0 Å². The summed E-state index contributed by atoms with van der Waals surface area (Å²) < 4.78 is 83.1. The smallest absolute Gasteiger partial charge is 0.143 e. The number of anilines is 3. The van der Waals surface area contributed by atoms with Gasteiger partial charge >= 0.3 is 0 Å². The Kier molecular flexibility index (Phi) is 5.45. The topological polar surface area (TPSA) is 16.4 Å². The van der Waals surface area contributed by atoms with Gasteiger partial charge in [0.15, 0.2) is 0 Å². The Balaban J connectivity index is 1.28. The quantitative estimate of drug-likeness (QED) is 0.175. The van der Waals surface area contributed by atoms with E-state index in [0.29, 0.717) is 38.8 Å². The molecule has 2 heteroatoms. The first kappa shape index (κ1) is 22.7. The van der Waals surface area contributed by atoms with Crippen molar-refractivity contribution in [1.82, 2.24) is 0 Å². The first-order valence-corrected chi connectivity index (χ1v) is 17.1. The van der Waals surface area contributed by atoms with Crippen LogP contribution in [0.15, 0.2) is 204 Å². The molecule has 0 bridgehead atoms. The maximum atomic E-state index is 9.66. The van der Waals surface area contributed by atoms with Crippen LogP contribution in [0.5, 0.6) is 0 Å². The summed E-state index contributed by atoms with van der Waals surface area (Å²) in [5, 5.41) is 4.69. The fraction of sp³-hybridized carbons (Fsp3) is 0. The minimum Gasteiger partial charge on any atom is -0.455 e. The van der Waals surface area contributed by atoms with Crippen molar-refractivity contribution in [3.05, 3.63) is 200 Å². The molecule has 0 spiro atoms. The lowest BCUT2D eigenvalue weighted by atomic mass is 9.97. The zero-order chi connectivity index (χ0) is 41.4. The summed E-state index contributed by atoms with van der Waals surface area (Å²) in [7, 11) is 0. The molecule has 0 fully saturated rings. The molecule has 0 N–H and O–H groups in total. The zero-order valence-electron chi connectivity index (χ0n) is 35.8. The molecule has 0 saturated heterocycles. The second-order valence-corrected chi connectivity index (χ2v) is 12.7. The molecule has 10 rings (SSSR count). The van der Waals surface area contributed by atoms with E-state index in [-0.39, 0.29) is 46.7 Å². The van der Waals surface area contributed by atoms with E-state index < -0.39 is 24.2 Å². The van der Waals surface area contributed by atoms with Gasteiger partial charge in [0.05, 0.1) is 22.0 Å². The Morgan fingerprint density at radius 1 is 0.404 bits per heavy atom. The molecular formula is C50H33NO. The summed E-state index contributed by atoms with van der Waals surface area (Å²) in [5.41, 5.74) is 3.90. The first-order valence-electron chi connectivity index (χ1n) is 21.1. The zero-order valence-corrected chi connectivity index (χ0v) is 27.8. The van der Waals surface area contributed by atoms with Crippen molar-refractivity contribution >= 4 is 60.5 Å². The van der Waals surface area contributed by atoms with Gasteiger partial charge in [-0.25, -0.2) is 0 Å². The minimum atomic E-state index is -0.415. The third-order valence-corrected chi connectivity index (χ3v) is 9.59. The molecule has 1 aromatic heterocycles. The third-order valence-electron chi connectivity index (χ3n) is 9.59. The van der Waals surface area contributed by atoms with Gasteiger partial charge in [-0.1, -0.05) is 152 Å². The Hall–Kier alpha value is -6.90. The maximum Gasteiger partial charge on any atom is 0.143 e. The minimum absolute atomic E-state index is 0.0933. The Labute approximate surface area is 313 Å². The van der Waals surface area contributed by atoms with Gasteiger partial charge in [0.1, 0.15) is 11.2 Å². The fourth-order valence-electron chi connectivity index (χ4n) is 7.12. The highest BCUT2D eigenvalue weighted by atomic mass is 16.3. The molecule has 0 aliphatic carbocycles. The van der Waals surface area contributed by atoms with Gasteiger partial charge in [0.25, 0.3) is 0 Å². The molecule has 0 amide bonds. The fourth-order valence-corrected chi connectivity index (χ4v) is 7.12. The van der Waals surface area contributed by atoms with Crippen LogP contribution in [0.1, 0.15) is 11.0 Å². The Morgan fingerprint density at radius 2 is 0.981 bits per heavy atom. The van der Waals surface area contributed by atoms with Crippen LogP contribution in [0.4, 0.5) is 17.1 Å². The molecule has 244 valence electrons. The van der Waals surface area contributed by atoms with Crippen LogP contribution < -0.4 is 4.90 Å². The van der Waals surface area contributed by atoms with Crippen molar-refractivity contribution in [3.63, 3.8) is 0 Å². The van der Waals surface area contributed by atoms with Crippen molar-refractivity contribution in [1.29, 1.82) is 0 Å². The molecule has 1 heterocycles. The van der Waals surface area contributed by atoms with Gasteiger partial charge in [0.2, 0.25) is 0 Å². The molecule has 0 saturated carbocycles. The number of hydrogen-bond acceptors (Lipinski definition) is 2. The van der Waals surface area contributed by atoms with E-state index in [1.54, 1.807) is 30.3 Å². The van der Waals surface area contributed by atoms with Crippen LogP contribution in [0.2, 0.25) is 0 Å². The van der Waals surface area contributed by atoms with Gasteiger partial charge < -0.3 is 9.32 Å². The number of hydrogen-bond donors (Lipinski definition) is 0. The van der Waals surface area contributed by atoms with E-state index in [0.717, 1.165) is 32.7 Å². The van der Waals surface area contributed by atoms with E-state index in [9.17, 15) is 11.0 Å². The number of benzene rings is 9. The molecule has 0 atom stereocenters. The summed E-state index contributed by atoms with van der Waals surface area (Å²) in [5.74, 6) is 0. The van der Waals surface area contributed by atoms with Gasteiger partial charge in [0, 0.05) is 22.1 Å². The van der Waals surface area contributed by atoms with E-state index in [2.05, 4.69) is 0 Å². The van der Waals surface area contributed by atoms with Gasteiger partial charge in [-0.15, -0.1) is 0 Å². The Morgan fingerprint density at radius 3 is 1.75 bits per heavy atom. The van der Waals surface area contributed by atoms with Crippen LogP contribution in [0, 0.1) is 0 Å². The standard InChI is InChI=1S/C50H33NO/c1-2-11-34(12-3-1)39-16-8-17-40(33-39)35-23-28-41(29-24-35)51(42-30-25-38(26-31-42)44-20-9-15-36-13-4-6-18-43(36)44)47-21-10-22-48-49(47)46-32-27-37-14-5-7-19-45(37)50(46)52-48/h1-33H/i23D,24D,25D,26D,28D,29D,30D,31D. The summed E-state index contributed by atoms with van der Waals surface area (Å²) >= 11 is 0. The van der Waals surface area contributed by atoms with Crippen molar-refractivity contribution in [2.75, 3.05) is 4.90 Å². The van der Waals surface area contributed by atoms with Crippen LogP contribution in [-0.4, -0.2) is 0 Å². The third kappa shape index (κ3) is 5.12. The molecule has 2 nitrogen and oxygen atoms in total. The SMILES string of the molecule is [2H]c1c([2H])c(N(c2c([2H])c([2H])c(-c3cccc4ccccc34)c([2H])c2[2H])c2cccc3oc4c5ccccc5ccc4c23)c([2H])c([2H])c1-c1cccc(-c2ccccc2)c1. The van der Waals surface area contributed by atoms with Crippen LogP contribution in [0.25, 0.3) is 76.9 Å². The van der Waals surface area contributed by atoms with Crippen LogP contribution >= 0.6 is 0 Å². The molecular weight excluding hydrogens is 631 g/mol. The highest BCUT2D eigenvalue weighted by Crippen LogP contribution is 2.45. The lowest BCUT2D eigenvalue weighted by Gasteiger charge is -2.27. The second-order valence-electron chi connectivity index (χ2n) is 12.7. The lowest BCUT2D eigenvalue weighted by Crippen LogP contribution is -2.10. The Bertz CT molecular complexity index is 3320. The predicted molar refractivity (Wildman–Crippen MR) is 220 cm³/mol. The predicted octanol–water partition coefficient (Wildman–Crippen LogP) is 14.4. The van der Waals surface area contributed by atoms with Gasteiger partial charge in [-0.2, -0.15) is 0 Å². The first-order chi connectivity index (χ1) is 29.1. The van der Waals surface area contributed by atoms with E-state index in [4.69, 9.17) is 4.42 Å². The van der Waals surface area contributed by atoms with Crippen LogP contribution in [-0.2, 0) is 0 Å². The monoisotopic (exact) mass is 671 g/mol. The second kappa shape index (κ2) is 12.5. The number of furan rings is 1. The number of fused-ring (bicyclic) bond motifs is 6. The van der Waals surface area contributed by atoms with Gasteiger partial charge in [-0.05, 0) is 98.0 Å². The van der Waals surface area contributed by atoms with E-state index >= 15 is 0 Å². The van der Waals surface area contributed by atoms with E-state index in [1.165, 1.54) is 4.90 Å². The lowest BCUT2D eigenvalue weighted by molar-refractivity contribution is 0.672. The number of nitrogens with zero attached hydrogens (tertiary/aromatic N) is 1. The number of rotatable bonds is 6. The van der Waals surface area contributed by atoms with Gasteiger partial charge in [-0.3, -0.25) is 0 Å². The van der Waals surface area contributed by atoms with Crippen molar-refractivity contribution in [3.8, 4) is 33.4 Å². The highest BCUT2D eigenvalue weighted by molar-refractivity contribution is 6.19. The van der Waals surface area contributed by atoms with Crippen LogP contribution in [0.3, 0.4) is 0 Å². The highest BCUT2D eigenvalue weighted by Gasteiger charge is 2.20. The average molecular weight is 672 g/mol. The largest absolute Gasteiger partial charge is 0.455 e. The molecule has 9 aromatic carbocycles. The normalized spacial score (nSPS) is 13.6. The summed E-state index contributed by atoms with van der Waals surface area (Å²) in [6, 6.07) is 44.1. The maximum absolute atomic E-state index is 9.66. The average Bonchev–Trinajstić information content (AvgIpc) is 3.68. The molecule has 0 radical (unpaired) electrons. The summed E-state index contributed by atoms with van der Waals surface area (Å²) in [6.07, 6.45) is 0. The van der Waals surface area contributed by atoms with E-state index in [1.807, 2.05) is 121 Å². The molecule has 10 aromatic rings. The van der Waals surface area contributed by atoms with Crippen molar-refractivity contribution < 1.29 is 15.4 Å². The molecule has 0 aliphatic rings. The molecule has 0 aliphatic heterocycles.